The Morgan fingerprint density at radius 3 is 2.28 bits per heavy atom. The first-order chi connectivity index (χ1) is 21.1. The Kier molecular flexibility index (Phi) is 8.66. The van der Waals surface area contributed by atoms with Gasteiger partial charge in [0.2, 0.25) is 0 Å². The summed E-state index contributed by atoms with van der Waals surface area (Å²) >= 11 is 0. The van der Waals surface area contributed by atoms with Crippen LogP contribution in [0.1, 0.15) is 71.3 Å². The molecule has 5 aromatic rings. The summed E-state index contributed by atoms with van der Waals surface area (Å²) in [6.45, 7) is 5.32. The first-order valence-electron chi connectivity index (χ1n) is 15.3. The Morgan fingerprint density at radius 2 is 1.58 bits per heavy atom. The van der Waals surface area contributed by atoms with Crippen molar-refractivity contribution in [1.82, 2.24) is 15.2 Å². The number of likely N-dealkylation sites (tertiary alicyclic amines) is 1. The molecule has 43 heavy (non-hydrogen) atoms. The van der Waals surface area contributed by atoms with E-state index >= 15 is 0 Å². The number of aromatic nitrogens is 1. The second kappa shape index (κ2) is 13.1. The van der Waals surface area contributed by atoms with Gasteiger partial charge in [0, 0.05) is 28.6 Å². The number of nitrogens with zero attached hydrogens (tertiary/aromatic N) is 2. The fourth-order valence-corrected chi connectivity index (χ4v) is 5.95. The third-order valence-corrected chi connectivity index (χ3v) is 8.27. The van der Waals surface area contributed by atoms with E-state index < -0.39 is 0 Å². The third kappa shape index (κ3) is 6.55. The van der Waals surface area contributed by atoms with Crippen LogP contribution in [0.25, 0.3) is 10.9 Å². The van der Waals surface area contributed by atoms with E-state index in [2.05, 4.69) is 34.3 Å². The summed E-state index contributed by atoms with van der Waals surface area (Å²) in [7, 11) is 0. The molecule has 3 N–H and O–H groups in total. The SMILES string of the molecule is CC[C@H](NC(=O)c1ccc2[nH]c(O)c(C(=Nc3ccc(CN4CCCCC4)cc3)c3ccccc3)c2c1)c1ccccc1. The lowest BCUT2D eigenvalue weighted by molar-refractivity contribution is 0.0935. The molecule has 6 heteroatoms. The van der Waals surface area contributed by atoms with Gasteiger partial charge in [-0.05, 0) is 73.8 Å². The molecular weight excluding hydrogens is 532 g/mol. The second-order valence-corrected chi connectivity index (χ2v) is 11.3. The molecule has 4 aromatic carbocycles. The van der Waals surface area contributed by atoms with Crippen molar-refractivity contribution >= 4 is 28.2 Å². The number of rotatable bonds is 9. The molecule has 218 valence electrons. The maximum Gasteiger partial charge on any atom is 0.251 e. The first-order valence-corrected chi connectivity index (χ1v) is 15.3. The number of hydrogen-bond donors (Lipinski definition) is 3. The van der Waals surface area contributed by atoms with Gasteiger partial charge < -0.3 is 15.4 Å². The van der Waals surface area contributed by atoms with Crippen molar-refractivity contribution in [3.63, 3.8) is 0 Å². The highest BCUT2D eigenvalue weighted by molar-refractivity contribution is 6.22. The van der Waals surface area contributed by atoms with Crippen LogP contribution in [0.3, 0.4) is 0 Å². The number of benzene rings is 4. The molecule has 2 heterocycles. The van der Waals surface area contributed by atoms with E-state index in [0.29, 0.717) is 16.8 Å². The van der Waals surface area contributed by atoms with Gasteiger partial charge >= 0.3 is 0 Å². The summed E-state index contributed by atoms with van der Waals surface area (Å²) in [6.07, 6.45) is 4.64. The van der Waals surface area contributed by atoms with Crippen molar-refractivity contribution < 1.29 is 9.90 Å². The van der Waals surface area contributed by atoms with Crippen LogP contribution >= 0.6 is 0 Å². The van der Waals surface area contributed by atoms with Gasteiger partial charge in [-0.2, -0.15) is 0 Å². The van der Waals surface area contributed by atoms with E-state index in [-0.39, 0.29) is 17.8 Å². The summed E-state index contributed by atoms with van der Waals surface area (Å²) in [5, 5.41) is 15.1. The van der Waals surface area contributed by atoms with Crippen molar-refractivity contribution in [3.8, 4) is 5.88 Å². The normalized spacial score (nSPS) is 15.0. The number of nitrogens with one attached hydrogen (secondary N) is 2. The average Bonchev–Trinajstić information content (AvgIpc) is 3.39. The summed E-state index contributed by atoms with van der Waals surface area (Å²) in [5.41, 5.74) is 6.49. The van der Waals surface area contributed by atoms with Gasteiger partial charge in [-0.15, -0.1) is 0 Å². The van der Waals surface area contributed by atoms with E-state index in [9.17, 15) is 9.90 Å². The monoisotopic (exact) mass is 570 g/mol. The van der Waals surface area contributed by atoms with E-state index in [1.54, 1.807) is 6.07 Å². The number of carbonyl (C=O) groups excluding carboxylic acids is 1. The predicted molar refractivity (Wildman–Crippen MR) is 174 cm³/mol. The minimum Gasteiger partial charge on any atom is -0.494 e. The van der Waals surface area contributed by atoms with Crippen LogP contribution in [0.5, 0.6) is 5.88 Å². The number of aromatic hydroxyl groups is 1. The molecule has 1 fully saturated rings. The quantitative estimate of drug-likeness (QED) is 0.158. The zero-order valence-corrected chi connectivity index (χ0v) is 24.6. The molecule has 0 bridgehead atoms. The summed E-state index contributed by atoms with van der Waals surface area (Å²) in [6, 6.07) is 33.6. The van der Waals surface area contributed by atoms with Gasteiger partial charge in [0.1, 0.15) is 0 Å². The molecule has 6 nitrogen and oxygen atoms in total. The maximum atomic E-state index is 13.4. The number of fused-ring (bicyclic) bond motifs is 1. The van der Waals surface area contributed by atoms with Crippen LogP contribution in [-0.2, 0) is 6.54 Å². The fourth-order valence-electron chi connectivity index (χ4n) is 5.95. The molecular formula is C37H38N4O2. The van der Waals surface area contributed by atoms with E-state index in [0.717, 1.165) is 53.8 Å². The molecule has 0 spiro atoms. The minimum absolute atomic E-state index is 0.0209. The molecule has 6 rings (SSSR count). The van der Waals surface area contributed by atoms with Crippen LogP contribution in [0.2, 0.25) is 0 Å². The molecule has 1 amide bonds. The fraction of sp³-hybridized carbons (Fsp3) is 0.243. The minimum atomic E-state index is -0.160. The van der Waals surface area contributed by atoms with Crippen LogP contribution in [0.4, 0.5) is 5.69 Å². The Labute approximate surface area is 253 Å². The van der Waals surface area contributed by atoms with Gasteiger partial charge in [0.15, 0.2) is 5.88 Å². The van der Waals surface area contributed by atoms with Crippen molar-refractivity contribution in [2.45, 2.75) is 45.2 Å². The molecule has 1 aliphatic heterocycles. The predicted octanol–water partition coefficient (Wildman–Crippen LogP) is 7.91. The van der Waals surface area contributed by atoms with Crippen molar-refractivity contribution in [1.29, 1.82) is 0 Å². The molecule has 0 unspecified atom stereocenters. The standard InChI is InChI=1S/C37H38N4O2/c1-2-32(27-12-6-3-7-13-27)39-36(42)29-18-21-33-31(24-29)34(37(43)40-33)35(28-14-8-4-9-15-28)38-30-19-16-26(17-20-30)25-41-22-10-5-11-23-41/h3-4,6-9,12-21,24,32,40,43H,2,5,10-11,22-23,25H2,1H3,(H,39,42)/t32-/m0/s1. The molecule has 1 atom stereocenters. The van der Waals surface area contributed by atoms with Crippen LogP contribution in [0, 0.1) is 0 Å². The van der Waals surface area contributed by atoms with Gasteiger partial charge in [-0.3, -0.25) is 9.69 Å². The van der Waals surface area contributed by atoms with E-state index in [1.807, 2.05) is 84.9 Å². The number of carbonyl (C=O) groups is 1. The van der Waals surface area contributed by atoms with Gasteiger partial charge in [-0.25, -0.2) is 4.99 Å². The highest BCUT2D eigenvalue weighted by atomic mass is 16.3. The smallest absolute Gasteiger partial charge is 0.251 e. The number of H-pyrrole nitrogens is 1. The number of aliphatic imine (C=N–C) groups is 1. The van der Waals surface area contributed by atoms with Gasteiger partial charge in [0.25, 0.3) is 5.91 Å². The zero-order chi connectivity index (χ0) is 29.6. The molecule has 0 radical (unpaired) electrons. The highest BCUT2D eigenvalue weighted by Gasteiger charge is 2.21. The number of hydrogen-bond acceptors (Lipinski definition) is 4. The number of piperidine rings is 1. The van der Waals surface area contributed by atoms with E-state index in [4.69, 9.17) is 4.99 Å². The highest BCUT2D eigenvalue weighted by Crippen LogP contribution is 2.32. The lowest BCUT2D eigenvalue weighted by atomic mass is 9.99. The van der Waals surface area contributed by atoms with Gasteiger partial charge in [0.05, 0.1) is 23.0 Å². The first kappa shape index (κ1) is 28.4. The Morgan fingerprint density at radius 1 is 0.884 bits per heavy atom. The molecule has 1 aromatic heterocycles. The van der Waals surface area contributed by atoms with Gasteiger partial charge in [-0.1, -0.05) is 86.1 Å². The lowest BCUT2D eigenvalue weighted by Gasteiger charge is -2.26. The third-order valence-electron chi connectivity index (χ3n) is 8.27. The topological polar surface area (TPSA) is 80.7 Å². The van der Waals surface area contributed by atoms with E-state index in [1.165, 1.54) is 24.8 Å². The Balaban J connectivity index is 1.34. The largest absolute Gasteiger partial charge is 0.494 e. The maximum absolute atomic E-state index is 13.4. The van der Waals surface area contributed by atoms with Crippen molar-refractivity contribution in [2.75, 3.05) is 13.1 Å². The summed E-state index contributed by atoms with van der Waals surface area (Å²) < 4.78 is 0. The van der Waals surface area contributed by atoms with Crippen molar-refractivity contribution in [3.05, 3.63) is 131 Å². The average molecular weight is 571 g/mol. The van der Waals surface area contributed by atoms with Crippen LogP contribution in [-0.4, -0.2) is 39.7 Å². The Hall–Kier alpha value is -4.68. The molecule has 1 saturated heterocycles. The Bertz CT molecular complexity index is 1700. The zero-order valence-electron chi connectivity index (χ0n) is 24.6. The number of amides is 1. The summed E-state index contributed by atoms with van der Waals surface area (Å²) in [5.74, 6) is -0.140. The number of aromatic amines is 1. The van der Waals surface area contributed by atoms with Crippen LogP contribution in [0.15, 0.2) is 108 Å². The molecule has 1 aliphatic rings. The lowest BCUT2D eigenvalue weighted by Crippen LogP contribution is -2.28. The second-order valence-electron chi connectivity index (χ2n) is 11.3. The molecule has 0 aliphatic carbocycles. The van der Waals surface area contributed by atoms with Crippen molar-refractivity contribution in [2.24, 2.45) is 4.99 Å². The molecule has 0 saturated carbocycles. The van der Waals surface area contributed by atoms with Crippen LogP contribution < -0.4 is 5.32 Å². The summed E-state index contributed by atoms with van der Waals surface area (Å²) in [4.78, 5) is 24.1.